The number of aromatic nitrogens is 1. The SMILES string of the molecule is CCc1cc(C)cc(-c2ccc(-c3ccc(-c4c5ccccc5c(-c5ccc(-c6ccc7c(c6)c6ccccc6n7-c6ccccc6)cc5)c5ccccc45)cc3)cc2)c1. The molecule has 1 aromatic heterocycles. The molecule has 0 N–H and O–H groups in total. The van der Waals surface area contributed by atoms with E-state index in [9.17, 15) is 0 Å². The van der Waals surface area contributed by atoms with Gasteiger partial charge in [-0.3, -0.25) is 0 Å². The molecule has 1 nitrogen and oxygen atoms in total. The standard InChI is InChI=1S/C59H43N/c1-3-40-35-39(2)36-48(37-40)44-23-21-41(22-24-44)42-25-29-45(30-26-42)58-51-16-7-9-18-53(51)59(54-19-10-8-17-52(54)58)46-31-27-43(28-32-46)47-33-34-57-55(38-47)50-15-11-12-20-56(50)60(57)49-13-5-4-6-14-49/h4-38H,3H2,1-2H3. The maximum absolute atomic E-state index is 2.37. The van der Waals surface area contributed by atoms with Gasteiger partial charge >= 0.3 is 0 Å². The van der Waals surface area contributed by atoms with Gasteiger partial charge < -0.3 is 4.57 Å². The zero-order valence-electron chi connectivity index (χ0n) is 33.9. The van der Waals surface area contributed by atoms with Gasteiger partial charge in [0.2, 0.25) is 0 Å². The molecular formula is C59H43N. The second-order valence-corrected chi connectivity index (χ2v) is 16.1. The predicted octanol–water partition coefficient (Wildman–Crippen LogP) is 16.3. The molecule has 0 aliphatic heterocycles. The van der Waals surface area contributed by atoms with Crippen molar-refractivity contribution in [1.29, 1.82) is 0 Å². The van der Waals surface area contributed by atoms with E-state index < -0.39 is 0 Å². The van der Waals surface area contributed by atoms with Crippen LogP contribution >= 0.6 is 0 Å². The van der Waals surface area contributed by atoms with Crippen LogP contribution in [0.4, 0.5) is 0 Å². The maximum Gasteiger partial charge on any atom is 0.0541 e. The fraction of sp³-hybridized carbons (Fsp3) is 0.0508. The first-order chi connectivity index (χ1) is 29.6. The van der Waals surface area contributed by atoms with Crippen LogP contribution in [0.5, 0.6) is 0 Å². The Kier molecular flexibility index (Phi) is 8.75. The quantitative estimate of drug-likeness (QED) is 0.142. The highest BCUT2D eigenvalue weighted by atomic mass is 15.0. The van der Waals surface area contributed by atoms with Crippen molar-refractivity contribution in [2.24, 2.45) is 0 Å². The Labute approximate surface area is 351 Å². The molecule has 0 amide bonds. The van der Waals surface area contributed by atoms with E-state index in [-0.39, 0.29) is 0 Å². The van der Waals surface area contributed by atoms with E-state index in [0.29, 0.717) is 0 Å². The second-order valence-electron chi connectivity index (χ2n) is 16.1. The monoisotopic (exact) mass is 765 g/mol. The number of para-hydroxylation sites is 2. The number of aryl methyl sites for hydroxylation is 2. The van der Waals surface area contributed by atoms with Gasteiger partial charge in [0.05, 0.1) is 11.0 Å². The van der Waals surface area contributed by atoms with Gasteiger partial charge in [-0.25, -0.2) is 0 Å². The van der Waals surface area contributed by atoms with Crippen LogP contribution in [-0.4, -0.2) is 4.57 Å². The van der Waals surface area contributed by atoms with E-state index in [1.54, 1.807) is 0 Å². The van der Waals surface area contributed by atoms with E-state index in [1.807, 2.05) is 0 Å². The first-order valence-electron chi connectivity index (χ1n) is 21.1. The molecule has 60 heavy (non-hydrogen) atoms. The molecular weight excluding hydrogens is 723 g/mol. The van der Waals surface area contributed by atoms with Crippen molar-refractivity contribution >= 4 is 43.4 Å². The van der Waals surface area contributed by atoms with Gasteiger partial charge in [0.15, 0.2) is 0 Å². The van der Waals surface area contributed by atoms with Gasteiger partial charge in [-0.05, 0) is 126 Å². The molecule has 1 heteroatoms. The van der Waals surface area contributed by atoms with Crippen molar-refractivity contribution in [2.75, 3.05) is 0 Å². The molecule has 0 saturated heterocycles. The summed E-state index contributed by atoms with van der Waals surface area (Å²) in [7, 11) is 0. The predicted molar refractivity (Wildman–Crippen MR) is 257 cm³/mol. The molecule has 10 aromatic carbocycles. The van der Waals surface area contributed by atoms with Crippen molar-refractivity contribution in [3.8, 4) is 61.3 Å². The highest BCUT2D eigenvalue weighted by molar-refractivity contribution is 6.21. The van der Waals surface area contributed by atoms with Crippen LogP contribution in [0, 0.1) is 6.92 Å². The summed E-state index contributed by atoms with van der Waals surface area (Å²) in [6.45, 7) is 4.41. The number of rotatable bonds is 7. The minimum atomic E-state index is 1.04. The van der Waals surface area contributed by atoms with Gasteiger partial charge in [-0.2, -0.15) is 0 Å². The molecule has 0 radical (unpaired) electrons. The number of hydrogen-bond donors (Lipinski definition) is 0. The van der Waals surface area contributed by atoms with Crippen LogP contribution in [0.15, 0.2) is 212 Å². The zero-order chi connectivity index (χ0) is 40.2. The molecule has 0 atom stereocenters. The van der Waals surface area contributed by atoms with Crippen LogP contribution in [0.1, 0.15) is 18.1 Å². The van der Waals surface area contributed by atoms with Crippen LogP contribution in [0.25, 0.3) is 105 Å². The summed E-state index contributed by atoms with van der Waals surface area (Å²) in [5.74, 6) is 0. The summed E-state index contributed by atoms with van der Waals surface area (Å²) in [6, 6.07) is 78.4. The molecule has 284 valence electrons. The van der Waals surface area contributed by atoms with Gasteiger partial charge in [0.25, 0.3) is 0 Å². The number of nitrogens with zero attached hydrogens (tertiary/aromatic N) is 1. The van der Waals surface area contributed by atoms with Crippen molar-refractivity contribution < 1.29 is 0 Å². The lowest BCUT2D eigenvalue weighted by molar-refractivity contribution is 1.13. The first-order valence-corrected chi connectivity index (χ1v) is 21.1. The minimum Gasteiger partial charge on any atom is -0.309 e. The molecule has 11 rings (SSSR count). The fourth-order valence-electron chi connectivity index (χ4n) is 9.51. The smallest absolute Gasteiger partial charge is 0.0541 e. The van der Waals surface area contributed by atoms with E-state index in [2.05, 4.69) is 231 Å². The van der Waals surface area contributed by atoms with Gasteiger partial charge in [-0.15, -0.1) is 0 Å². The topological polar surface area (TPSA) is 4.93 Å². The van der Waals surface area contributed by atoms with E-state index in [1.165, 1.54) is 116 Å². The Balaban J connectivity index is 0.956. The Morgan fingerprint density at radius 2 is 0.733 bits per heavy atom. The molecule has 0 fully saturated rings. The Morgan fingerprint density at radius 1 is 0.317 bits per heavy atom. The number of fused-ring (bicyclic) bond motifs is 5. The zero-order valence-corrected chi connectivity index (χ0v) is 33.9. The molecule has 0 unspecified atom stereocenters. The molecule has 0 saturated carbocycles. The normalized spacial score (nSPS) is 11.6. The van der Waals surface area contributed by atoms with Crippen molar-refractivity contribution in [3.05, 3.63) is 223 Å². The molecule has 1 heterocycles. The third-order valence-corrected chi connectivity index (χ3v) is 12.4. The van der Waals surface area contributed by atoms with Gasteiger partial charge in [-0.1, -0.05) is 194 Å². The van der Waals surface area contributed by atoms with Gasteiger partial charge in [0.1, 0.15) is 0 Å². The lowest BCUT2D eigenvalue weighted by atomic mass is 9.85. The minimum absolute atomic E-state index is 1.04. The highest BCUT2D eigenvalue weighted by Gasteiger charge is 2.18. The largest absolute Gasteiger partial charge is 0.309 e. The summed E-state index contributed by atoms with van der Waals surface area (Å²) in [4.78, 5) is 0. The van der Waals surface area contributed by atoms with Crippen LogP contribution in [-0.2, 0) is 6.42 Å². The second kappa shape index (κ2) is 14.7. The van der Waals surface area contributed by atoms with Crippen molar-refractivity contribution in [1.82, 2.24) is 4.57 Å². The van der Waals surface area contributed by atoms with Crippen molar-refractivity contribution in [3.63, 3.8) is 0 Å². The third-order valence-electron chi connectivity index (χ3n) is 12.4. The highest BCUT2D eigenvalue weighted by Crippen LogP contribution is 2.44. The average Bonchev–Trinajstić information content (AvgIpc) is 3.65. The molecule has 11 aromatic rings. The van der Waals surface area contributed by atoms with E-state index in [4.69, 9.17) is 0 Å². The molecule has 0 spiro atoms. The lowest BCUT2D eigenvalue weighted by Gasteiger charge is -2.18. The van der Waals surface area contributed by atoms with E-state index >= 15 is 0 Å². The summed E-state index contributed by atoms with van der Waals surface area (Å²) in [5.41, 5.74) is 18.7. The Bertz CT molecular complexity index is 3310. The Morgan fingerprint density at radius 3 is 1.27 bits per heavy atom. The number of hydrogen-bond acceptors (Lipinski definition) is 0. The van der Waals surface area contributed by atoms with Crippen LogP contribution in [0.2, 0.25) is 0 Å². The first kappa shape index (κ1) is 35.7. The summed E-state index contributed by atoms with van der Waals surface area (Å²) in [5, 5.41) is 7.57. The summed E-state index contributed by atoms with van der Waals surface area (Å²) in [6.07, 6.45) is 1.04. The lowest BCUT2D eigenvalue weighted by Crippen LogP contribution is -1.92. The summed E-state index contributed by atoms with van der Waals surface area (Å²) < 4.78 is 2.37. The van der Waals surface area contributed by atoms with Gasteiger partial charge in [0, 0.05) is 16.5 Å². The molecule has 0 aliphatic rings. The average molecular weight is 766 g/mol. The van der Waals surface area contributed by atoms with Crippen molar-refractivity contribution in [2.45, 2.75) is 20.3 Å². The fourth-order valence-corrected chi connectivity index (χ4v) is 9.51. The number of benzene rings is 10. The maximum atomic E-state index is 2.37. The molecule has 0 bridgehead atoms. The Hall–Kier alpha value is -7.48. The van der Waals surface area contributed by atoms with Crippen LogP contribution < -0.4 is 0 Å². The summed E-state index contributed by atoms with van der Waals surface area (Å²) >= 11 is 0. The van der Waals surface area contributed by atoms with E-state index in [0.717, 1.165) is 6.42 Å². The van der Waals surface area contributed by atoms with Crippen LogP contribution in [0.3, 0.4) is 0 Å². The third kappa shape index (κ3) is 6.10. The molecule has 0 aliphatic carbocycles.